The molecule has 0 heterocycles. The third-order valence-corrected chi connectivity index (χ3v) is 2.03. The Balaban J connectivity index is 0. The van der Waals surface area contributed by atoms with E-state index in [0.29, 0.717) is 0 Å². The Morgan fingerprint density at radius 1 is 1.38 bits per heavy atom. The molecule has 94 valence electrons. The Kier molecular flexibility index (Phi) is 9.03. The number of aliphatic hydroxyl groups is 2. The van der Waals surface area contributed by atoms with Crippen molar-refractivity contribution in [3.63, 3.8) is 0 Å². The molecule has 0 unspecified atom stereocenters. The van der Waals surface area contributed by atoms with Crippen LogP contribution in [0.5, 0.6) is 0 Å². The molecule has 2 radical (unpaired) electrons. The SMILES string of the molecule is CC(C)(CO)[C@@H](O)C(=O)NCCC(=O)O.[PbH2]. The fourth-order valence-electron chi connectivity index (χ4n) is 0.831. The zero-order chi connectivity index (χ0) is 12.1. The predicted octanol–water partition coefficient (Wildman–Crippen LogP) is -1.96. The molecule has 0 rings (SSSR count). The number of hydrogen-bond donors (Lipinski definition) is 4. The van der Waals surface area contributed by atoms with Gasteiger partial charge in [0.05, 0.1) is 13.0 Å². The van der Waals surface area contributed by atoms with E-state index in [1.54, 1.807) is 0 Å². The number of carboxylic acid groups (broad SMARTS) is 1. The Morgan fingerprint density at radius 3 is 2.25 bits per heavy atom. The summed E-state index contributed by atoms with van der Waals surface area (Å²) in [5.74, 6) is -1.69. The van der Waals surface area contributed by atoms with Gasteiger partial charge in [0.25, 0.3) is 0 Å². The molecule has 0 aromatic rings. The Bertz CT molecular complexity index is 244. The molecule has 1 atom stereocenters. The van der Waals surface area contributed by atoms with Crippen molar-refractivity contribution in [2.75, 3.05) is 13.2 Å². The summed E-state index contributed by atoms with van der Waals surface area (Å²) in [6, 6.07) is 0. The fourth-order valence-corrected chi connectivity index (χ4v) is 0.831. The van der Waals surface area contributed by atoms with Gasteiger partial charge in [-0.1, -0.05) is 13.8 Å². The van der Waals surface area contributed by atoms with Gasteiger partial charge in [0.1, 0.15) is 6.10 Å². The fraction of sp³-hybridized carbons (Fsp3) is 0.778. The van der Waals surface area contributed by atoms with Crippen molar-refractivity contribution in [2.45, 2.75) is 26.4 Å². The third kappa shape index (κ3) is 6.38. The molecule has 16 heavy (non-hydrogen) atoms. The summed E-state index contributed by atoms with van der Waals surface area (Å²) in [5.41, 5.74) is -0.937. The van der Waals surface area contributed by atoms with Crippen LogP contribution in [0.2, 0.25) is 0 Å². The minimum absolute atomic E-state index is 0. The quantitative estimate of drug-likeness (QED) is 0.368. The summed E-state index contributed by atoms with van der Waals surface area (Å²) < 4.78 is 0. The molecule has 4 N–H and O–H groups in total. The monoisotopic (exact) mass is 429 g/mol. The molecule has 0 aliphatic carbocycles. The van der Waals surface area contributed by atoms with Crippen LogP contribution in [-0.2, 0) is 9.59 Å². The van der Waals surface area contributed by atoms with E-state index in [0.717, 1.165) is 0 Å². The maximum absolute atomic E-state index is 11.3. The summed E-state index contributed by atoms with van der Waals surface area (Å²) >= 11 is 0. The molecule has 0 spiro atoms. The summed E-state index contributed by atoms with van der Waals surface area (Å²) in [6.07, 6.45) is -1.55. The van der Waals surface area contributed by atoms with Crippen molar-refractivity contribution in [1.29, 1.82) is 0 Å². The van der Waals surface area contributed by atoms with Gasteiger partial charge in [-0.3, -0.25) is 9.59 Å². The van der Waals surface area contributed by atoms with Crippen molar-refractivity contribution in [2.24, 2.45) is 5.41 Å². The van der Waals surface area contributed by atoms with Gasteiger partial charge in [-0.25, -0.2) is 0 Å². The van der Waals surface area contributed by atoms with Gasteiger partial charge in [-0.2, -0.15) is 0 Å². The average Bonchev–Trinajstić information content (AvgIpc) is 2.15. The molecule has 0 aliphatic heterocycles. The summed E-state index contributed by atoms with van der Waals surface area (Å²) in [5, 5.41) is 29.0. The van der Waals surface area contributed by atoms with Crippen LogP contribution in [0.1, 0.15) is 20.3 Å². The summed E-state index contributed by atoms with van der Waals surface area (Å²) in [7, 11) is 0. The molecule has 0 aromatic heterocycles. The second-order valence-corrected chi connectivity index (χ2v) is 3.98. The Hall–Kier alpha value is -0.218. The van der Waals surface area contributed by atoms with Crippen molar-refractivity contribution >= 4 is 39.2 Å². The van der Waals surface area contributed by atoms with Crippen molar-refractivity contribution in [3.8, 4) is 0 Å². The molecule has 0 saturated carbocycles. The van der Waals surface area contributed by atoms with E-state index in [4.69, 9.17) is 10.2 Å². The van der Waals surface area contributed by atoms with E-state index in [2.05, 4.69) is 5.32 Å². The first kappa shape index (κ1) is 18.2. The second-order valence-electron chi connectivity index (χ2n) is 3.98. The molecule has 6 nitrogen and oxygen atoms in total. The van der Waals surface area contributed by atoms with Crippen LogP contribution in [0, 0.1) is 5.41 Å². The van der Waals surface area contributed by atoms with Crippen LogP contribution >= 0.6 is 0 Å². The predicted molar refractivity (Wildman–Crippen MR) is 60.7 cm³/mol. The normalized spacial score (nSPS) is 12.5. The number of amides is 1. The second kappa shape index (κ2) is 7.96. The van der Waals surface area contributed by atoms with E-state index >= 15 is 0 Å². The van der Waals surface area contributed by atoms with E-state index in [-0.39, 0.29) is 46.9 Å². The summed E-state index contributed by atoms with van der Waals surface area (Å²) in [6.45, 7) is 2.70. The number of nitrogens with one attached hydrogen (secondary N) is 1. The number of hydrogen-bond acceptors (Lipinski definition) is 4. The van der Waals surface area contributed by atoms with Gasteiger partial charge < -0.3 is 20.6 Å². The first-order chi connectivity index (χ1) is 6.81. The van der Waals surface area contributed by atoms with Crippen molar-refractivity contribution in [3.05, 3.63) is 0 Å². The van der Waals surface area contributed by atoms with Crippen LogP contribution in [0.4, 0.5) is 0 Å². The minimum atomic E-state index is -1.35. The number of aliphatic hydroxyl groups excluding tert-OH is 2. The van der Waals surface area contributed by atoms with Crippen molar-refractivity contribution in [1.82, 2.24) is 5.32 Å². The molecular weight excluding hydrogens is 409 g/mol. The van der Waals surface area contributed by atoms with Gasteiger partial charge in [0.2, 0.25) is 5.91 Å². The Morgan fingerprint density at radius 2 is 1.88 bits per heavy atom. The number of carbonyl (C=O) groups is 2. The van der Waals surface area contributed by atoms with E-state index in [1.807, 2.05) is 0 Å². The molecule has 0 aromatic carbocycles. The van der Waals surface area contributed by atoms with Crippen LogP contribution < -0.4 is 5.32 Å². The van der Waals surface area contributed by atoms with E-state index < -0.39 is 23.4 Å². The van der Waals surface area contributed by atoms with Crippen LogP contribution in [-0.4, -0.2) is 73.8 Å². The topological polar surface area (TPSA) is 107 Å². The van der Waals surface area contributed by atoms with E-state index in [9.17, 15) is 14.7 Å². The first-order valence-corrected chi connectivity index (χ1v) is 4.59. The number of rotatable bonds is 6. The van der Waals surface area contributed by atoms with E-state index in [1.165, 1.54) is 13.8 Å². The van der Waals surface area contributed by atoms with Gasteiger partial charge in [-0.15, -0.1) is 0 Å². The number of carbonyl (C=O) groups excluding carboxylic acids is 1. The standard InChI is InChI=1S/C9H17NO5.Pb.2H/c1-9(2,5-11)7(14)8(15)10-4-3-6(12)13;;;/h7,11,14H,3-5H2,1-2H3,(H,10,15)(H,12,13);;;/t7-;;;/m0.../s1. The molecule has 1 amide bonds. The molecule has 7 heteroatoms. The van der Waals surface area contributed by atoms with Gasteiger partial charge in [0, 0.05) is 12.0 Å². The molecule has 0 aliphatic rings. The maximum atomic E-state index is 11.3. The molecular formula is C9H19NO5Pb. The average molecular weight is 428 g/mol. The zero-order valence-electron chi connectivity index (χ0n) is 9.56. The molecule has 0 fully saturated rings. The van der Waals surface area contributed by atoms with Crippen LogP contribution in [0.15, 0.2) is 0 Å². The van der Waals surface area contributed by atoms with Gasteiger partial charge in [-0.05, 0) is 0 Å². The van der Waals surface area contributed by atoms with Crippen LogP contribution in [0.25, 0.3) is 0 Å². The first-order valence-electron chi connectivity index (χ1n) is 4.59. The van der Waals surface area contributed by atoms with Crippen LogP contribution in [0.3, 0.4) is 0 Å². The molecule has 0 saturated heterocycles. The zero-order valence-corrected chi connectivity index (χ0v) is 15.1. The number of carboxylic acids is 1. The third-order valence-electron chi connectivity index (χ3n) is 2.03. The van der Waals surface area contributed by atoms with Gasteiger partial charge >= 0.3 is 33.3 Å². The van der Waals surface area contributed by atoms with Crippen molar-refractivity contribution < 1.29 is 24.9 Å². The Labute approximate surface area is 114 Å². The number of aliphatic carboxylic acids is 1. The summed E-state index contributed by atoms with van der Waals surface area (Å²) in [4.78, 5) is 21.4. The van der Waals surface area contributed by atoms with Gasteiger partial charge in [0.15, 0.2) is 0 Å². The molecule has 0 bridgehead atoms.